The molecule has 0 radical (unpaired) electrons. The van der Waals surface area contributed by atoms with Crippen molar-refractivity contribution in [3.8, 4) is 6.07 Å². The molecule has 0 N–H and O–H groups in total. The highest BCUT2D eigenvalue weighted by molar-refractivity contribution is 5.99. The van der Waals surface area contributed by atoms with Crippen LogP contribution in [0.2, 0.25) is 0 Å². The van der Waals surface area contributed by atoms with Gasteiger partial charge in [-0.2, -0.15) is 5.26 Å². The fourth-order valence-corrected chi connectivity index (χ4v) is 5.24. The fourth-order valence-electron chi connectivity index (χ4n) is 5.24. The highest BCUT2D eigenvalue weighted by Gasteiger charge is 2.67. The first-order valence-electron chi connectivity index (χ1n) is 11.5. The highest BCUT2D eigenvalue weighted by atomic mass is 16.6. The van der Waals surface area contributed by atoms with E-state index in [1.54, 1.807) is 33.8 Å². The maximum absolute atomic E-state index is 14.0. The van der Waals surface area contributed by atoms with Crippen LogP contribution in [0.25, 0.3) is 6.08 Å². The number of rotatable bonds is 5. The summed E-state index contributed by atoms with van der Waals surface area (Å²) in [6.45, 7) is 7.15. The molecule has 1 fully saturated rings. The molecular weight excluding hydrogens is 446 g/mol. The summed E-state index contributed by atoms with van der Waals surface area (Å²) in [6, 6.07) is 13.9. The number of para-hydroxylation sites is 1. The number of carbonyl (C=O) groups is 2. The Kier molecular flexibility index (Phi) is 5.97. The number of hydrogen-bond donors (Lipinski definition) is 0. The molecule has 2 aromatic rings. The molecule has 2 aromatic carbocycles. The predicted molar refractivity (Wildman–Crippen MR) is 131 cm³/mol. The zero-order valence-electron chi connectivity index (χ0n) is 20.1. The molecule has 2 heterocycles. The third-order valence-electron chi connectivity index (χ3n) is 6.81. The topological polar surface area (TPSA) is 114 Å². The number of esters is 1. The van der Waals surface area contributed by atoms with Gasteiger partial charge >= 0.3 is 5.97 Å². The molecule has 0 bridgehead atoms. The smallest absolute Gasteiger partial charge is 0.329 e. The molecule has 8 heteroatoms. The number of carbonyl (C=O) groups excluding carboxylic acids is 2. The van der Waals surface area contributed by atoms with Gasteiger partial charge in [-0.05, 0) is 24.1 Å². The summed E-state index contributed by atoms with van der Waals surface area (Å²) in [7, 11) is 0. The van der Waals surface area contributed by atoms with Crippen LogP contribution in [0.1, 0.15) is 44.7 Å². The quantitative estimate of drug-likeness (QED) is 0.353. The number of anilines is 1. The number of benzene rings is 2. The van der Waals surface area contributed by atoms with Gasteiger partial charge in [0, 0.05) is 29.2 Å². The van der Waals surface area contributed by atoms with Gasteiger partial charge in [0.1, 0.15) is 0 Å². The molecule has 0 saturated carbocycles. The predicted octanol–water partition coefficient (Wildman–Crippen LogP) is 4.65. The summed E-state index contributed by atoms with van der Waals surface area (Å²) in [6.07, 6.45) is 3.65. The van der Waals surface area contributed by atoms with Gasteiger partial charge in [0.15, 0.2) is 11.2 Å². The van der Waals surface area contributed by atoms with Crippen LogP contribution in [0.15, 0.2) is 54.6 Å². The van der Waals surface area contributed by atoms with E-state index in [1.807, 2.05) is 35.2 Å². The molecule has 8 nitrogen and oxygen atoms in total. The Morgan fingerprint density at radius 2 is 1.83 bits per heavy atom. The Labute approximate surface area is 204 Å². The normalized spacial score (nSPS) is 24.8. The van der Waals surface area contributed by atoms with E-state index in [0.29, 0.717) is 5.56 Å². The van der Waals surface area contributed by atoms with Crippen LogP contribution in [-0.2, 0) is 14.3 Å². The van der Waals surface area contributed by atoms with Gasteiger partial charge in [0.25, 0.3) is 5.69 Å². The second kappa shape index (κ2) is 8.66. The Bertz CT molecular complexity index is 1250. The van der Waals surface area contributed by atoms with E-state index in [-0.39, 0.29) is 18.1 Å². The molecule has 0 spiro atoms. The van der Waals surface area contributed by atoms with Crippen molar-refractivity contribution in [1.82, 2.24) is 0 Å². The molecule has 35 heavy (non-hydrogen) atoms. The minimum Gasteiger partial charge on any atom is -0.465 e. The van der Waals surface area contributed by atoms with E-state index in [1.165, 1.54) is 24.3 Å². The van der Waals surface area contributed by atoms with Gasteiger partial charge in [0.05, 0.1) is 29.7 Å². The first kappa shape index (κ1) is 24.1. The summed E-state index contributed by atoms with van der Waals surface area (Å²) in [5.41, 5.74) is -0.543. The zero-order chi connectivity index (χ0) is 25.5. The van der Waals surface area contributed by atoms with Crippen molar-refractivity contribution >= 4 is 29.2 Å². The average molecular weight is 474 g/mol. The van der Waals surface area contributed by atoms with Crippen molar-refractivity contribution in [2.45, 2.75) is 45.7 Å². The molecule has 2 aliphatic rings. The van der Waals surface area contributed by atoms with Crippen molar-refractivity contribution in [2.75, 3.05) is 11.5 Å². The van der Waals surface area contributed by atoms with Crippen molar-refractivity contribution in [3.63, 3.8) is 0 Å². The van der Waals surface area contributed by atoms with E-state index < -0.39 is 39.7 Å². The second-order valence-electron chi connectivity index (χ2n) is 9.86. The molecular formula is C27H27N3O5. The summed E-state index contributed by atoms with van der Waals surface area (Å²) in [5, 5.41) is 21.9. The van der Waals surface area contributed by atoms with Gasteiger partial charge in [-0.15, -0.1) is 0 Å². The van der Waals surface area contributed by atoms with E-state index >= 15 is 0 Å². The van der Waals surface area contributed by atoms with Crippen LogP contribution in [0.4, 0.5) is 11.4 Å². The number of Topliss-reactive ketones (excluding diaryl/α,β-unsaturated/α-hetero) is 1. The van der Waals surface area contributed by atoms with E-state index in [9.17, 15) is 25.0 Å². The number of ether oxygens (including phenoxy) is 1. The molecule has 4 atom stereocenters. The van der Waals surface area contributed by atoms with Crippen LogP contribution in [0.5, 0.6) is 0 Å². The molecule has 1 saturated heterocycles. The molecule has 0 amide bonds. The minimum absolute atomic E-state index is 0.0696. The molecule has 0 aliphatic carbocycles. The molecule has 0 aromatic heterocycles. The van der Waals surface area contributed by atoms with E-state index in [4.69, 9.17) is 4.74 Å². The molecule has 4 rings (SSSR count). The van der Waals surface area contributed by atoms with Crippen LogP contribution in [0, 0.1) is 32.3 Å². The minimum atomic E-state index is -1.75. The lowest BCUT2D eigenvalue weighted by Crippen LogP contribution is -2.48. The largest absolute Gasteiger partial charge is 0.465 e. The molecule has 0 unspecified atom stereocenters. The maximum Gasteiger partial charge on any atom is 0.329 e. The van der Waals surface area contributed by atoms with Crippen LogP contribution < -0.4 is 4.90 Å². The van der Waals surface area contributed by atoms with Crippen LogP contribution in [0.3, 0.4) is 0 Å². The van der Waals surface area contributed by atoms with Crippen LogP contribution >= 0.6 is 0 Å². The third-order valence-corrected chi connectivity index (χ3v) is 6.81. The lowest BCUT2D eigenvalue weighted by molar-refractivity contribution is -0.384. The van der Waals surface area contributed by atoms with E-state index in [0.717, 1.165) is 11.3 Å². The van der Waals surface area contributed by atoms with Crippen molar-refractivity contribution in [1.29, 1.82) is 5.26 Å². The summed E-state index contributed by atoms with van der Waals surface area (Å²) < 4.78 is 5.44. The number of nitro benzene ring substituents is 1. The standard InChI is InChI=1S/C27H27N3O5/c1-5-35-25(32)27(16-28)21-15-12-17-8-6-7-9-20(17)29(21)23(24(31)26(2,3)4)22(27)18-10-13-19(14-11-18)30(33)34/h6-15,21-23H,5H2,1-4H3/t21-,22-,23-,27+/m0/s1. The third kappa shape index (κ3) is 3.68. The lowest BCUT2D eigenvalue weighted by atomic mass is 9.67. The van der Waals surface area contributed by atoms with Crippen molar-refractivity contribution in [2.24, 2.45) is 10.8 Å². The van der Waals surface area contributed by atoms with Gasteiger partial charge < -0.3 is 9.64 Å². The average Bonchev–Trinajstić information content (AvgIpc) is 3.14. The highest BCUT2D eigenvalue weighted by Crippen LogP contribution is 2.57. The SMILES string of the molecule is CCOC(=O)[C@]1(C#N)[C@@H]2C=Cc3ccccc3N2[C@H](C(=O)C(C)(C)C)[C@@H]1c1ccc([N+](=O)[O-])cc1. The number of ketones is 1. The Balaban J connectivity index is 2.04. The maximum atomic E-state index is 14.0. The Morgan fingerprint density at radius 1 is 1.17 bits per heavy atom. The van der Waals surface area contributed by atoms with Gasteiger partial charge in [-0.1, -0.05) is 63.3 Å². The van der Waals surface area contributed by atoms with Crippen LogP contribution in [-0.4, -0.2) is 35.4 Å². The number of nitriles is 1. The zero-order valence-corrected chi connectivity index (χ0v) is 20.1. The lowest BCUT2D eigenvalue weighted by Gasteiger charge is -2.37. The molecule has 2 aliphatic heterocycles. The monoisotopic (exact) mass is 473 g/mol. The van der Waals surface area contributed by atoms with Crippen molar-refractivity contribution < 1.29 is 19.2 Å². The van der Waals surface area contributed by atoms with Gasteiger partial charge in [0.2, 0.25) is 0 Å². The first-order valence-corrected chi connectivity index (χ1v) is 11.5. The number of non-ortho nitro benzene ring substituents is 1. The number of nitrogens with zero attached hydrogens (tertiary/aromatic N) is 3. The number of nitro groups is 1. The first-order chi connectivity index (χ1) is 16.6. The summed E-state index contributed by atoms with van der Waals surface area (Å²) >= 11 is 0. The van der Waals surface area contributed by atoms with E-state index in [2.05, 4.69) is 6.07 Å². The number of fused-ring (bicyclic) bond motifs is 3. The van der Waals surface area contributed by atoms with Gasteiger partial charge in [-0.3, -0.25) is 19.7 Å². The second-order valence-corrected chi connectivity index (χ2v) is 9.86. The molecule has 180 valence electrons. The Hall–Kier alpha value is -3.99. The summed E-state index contributed by atoms with van der Waals surface area (Å²) in [5.74, 6) is -1.77. The Morgan fingerprint density at radius 3 is 2.40 bits per heavy atom. The summed E-state index contributed by atoms with van der Waals surface area (Å²) in [4.78, 5) is 40.3. The fraction of sp³-hybridized carbons (Fsp3) is 0.370. The van der Waals surface area contributed by atoms with Gasteiger partial charge in [-0.25, -0.2) is 0 Å². The number of hydrogen-bond acceptors (Lipinski definition) is 7. The van der Waals surface area contributed by atoms with Crippen molar-refractivity contribution in [3.05, 3.63) is 75.8 Å².